The highest BCUT2D eigenvalue weighted by Crippen LogP contribution is 2.25. The summed E-state index contributed by atoms with van der Waals surface area (Å²) in [4.78, 5) is 13.2. The van der Waals surface area contributed by atoms with Gasteiger partial charge in [-0.15, -0.1) is 0 Å². The maximum Gasteiger partial charge on any atom is 0.308 e. The molecule has 0 spiro atoms. The Morgan fingerprint density at radius 1 is 1.50 bits per heavy atom. The van der Waals surface area contributed by atoms with Crippen LogP contribution in [0.1, 0.15) is 18.1 Å². The summed E-state index contributed by atoms with van der Waals surface area (Å²) >= 11 is 0. The molecule has 0 amide bonds. The van der Waals surface area contributed by atoms with Crippen LogP contribution in [0.5, 0.6) is 0 Å². The number of nitriles is 1. The van der Waals surface area contributed by atoms with E-state index in [9.17, 15) is 4.79 Å². The number of nitrogens with zero attached hydrogens (tertiary/aromatic N) is 2. The lowest BCUT2D eigenvalue weighted by atomic mass is 9.99. The van der Waals surface area contributed by atoms with Gasteiger partial charge in [-0.25, -0.2) is 0 Å². The summed E-state index contributed by atoms with van der Waals surface area (Å²) in [5.74, 6) is -0.852. The van der Waals surface area contributed by atoms with Crippen molar-refractivity contribution in [3.05, 3.63) is 35.4 Å². The van der Waals surface area contributed by atoms with Crippen LogP contribution < -0.4 is 0 Å². The van der Waals surface area contributed by atoms with E-state index in [0.717, 1.165) is 12.1 Å². The zero-order valence-corrected chi connectivity index (χ0v) is 10.3. The summed E-state index contributed by atoms with van der Waals surface area (Å²) in [5, 5.41) is 18.1. The molecule has 0 saturated carbocycles. The van der Waals surface area contributed by atoms with Gasteiger partial charge in [-0.05, 0) is 17.5 Å². The zero-order chi connectivity index (χ0) is 13.1. The second kappa shape index (κ2) is 5.19. The van der Waals surface area contributed by atoms with Gasteiger partial charge >= 0.3 is 5.97 Å². The molecule has 0 bridgehead atoms. The first-order chi connectivity index (χ1) is 8.61. The molecule has 18 heavy (non-hydrogen) atoms. The third kappa shape index (κ3) is 2.52. The van der Waals surface area contributed by atoms with Crippen LogP contribution >= 0.6 is 0 Å². The van der Waals surface area contributed by atoms with E-state index in [2.05, 4.69) is 11.0 Å². The van der Waals surface area contributed by atoms with E-state index in [1.165, 1.54) is 0 Å². The van der Waals surface area contributed by atoms with Gasteiger partial charge < -0.3 is 5.11 Å². The van der Waals surface area contributed by atoms with Gasteiger partial charge in [0, 0.05) is 19.6 Å². The molecule has 1 saturated heterocycles. The summed E-state index contributed by atoms with van der Waals surface area (Å²) < 4.78 is 0. The van der Waals surface area contributed by atoms with E-state index < -0.39 is 5.97 Å². The monoisotopic (exact) mass is 244 g/mol. The molecule has 2 rings (SSSR count). The van der Waals surface area contributed by atoms with Crippen LogP contribution in [0.25, 0.3) is 0 Å². The Labute approximate surface area is 106 Å². The van der Waals surface area contributed by atoms with Crippen molar-refractivity contribution in [2.75, 3.05) is 13.1 Å². The standard InChI is InChI=1S/C14H16N2O2/c1-10-7-16(9-13(10)14(17)18)8-12-5-3-2-4-11(12)6-15/h2-5,10,13H,7-9H2,1H3,(H,17,18)/t10-,13-/m1/s1. The number of likely N-dealkylation sites (tertiary alicyclic amines) is 1. The first-order valence-electron chi connectivity index (χ1n) is 6.05. The maximum atomic E-state index is 11.1. The third-order valence-corrected chi connectivity index (χ3v) is 3.54. The lowest BCUT2D eigenvalue weighted by molar-refractivity contribution is -0.142. The van der Waals surface area contributed by atoms with Gasteiger partial charge in [-0.2, -0.15) is 5.26 Å². The Bertz CT molecular complexity index is 493. The van der Waals surface area contributed by atoms with Crippen molar-refractivity contribution in [2.45, 2.75) is 13.5 Å². The molecule has 0 aliphatic carbocycles. The molecule has 0 unspecified atom stereocenters. The van der Waals surface area contributed by atoms with Crippen LogP contribution in [-0.4, -0.2) is 29.1 Å². The molecule has 1 fully saturated rings. The van der Waals surface area contributed by atoms with Crippen molar-refractivity contribution in [1.82, 2.24) is 4.90 Å². The van der Waals surface area contributed by atoms with E-state index in [-0.39, 0.29) is 11.8 Å². The minimum Gasteiger partial charge on any atom is -0.481 e. The second-order valence-electron chi connectivity index (χ2n) is 4.89. The molecule has 2 atom stereocenters. The van der Waals surface area contributed by atoms with Crippen molar-refractivity contribution in [2.24, 2.45) is 11.8 Å². The van der Waals surface area contributed by atoms with Gasteiger partial charge in [-0.3, -0.25) is 9.69 Å². The van der Waals surface area contributed by atoms with E-state index in [1.54, 1.807) is 6.07 Å². The minimum absolute atomic E-state index is 0.164. The molecule has 1 aliphatic heterocycles. The number of carboxylic acid groups (broad SMARTS) is 1. The van der Waals surface area contributed by atoms with Crippen LogP contribution in [0.4, 0.5) is 0 Å². The van der Waals surface area contributed by atoms with Crippen LogP contribution in [0.15, 0.2) is 24.3 Å². The zero-order valence-electron chi connectivity index (χ0n) is 10.3. The first kappa shape index (κ1) is 12.6. The summed E-state index contributed by atoms with van der Waals surface area (Å²) in [6, 6.07) is 9.64. The molecule has 0 radical (unpaired) electrons. The highest BCUT2D eigenvalue weighted by Gasteiger charge is 2.34. The lowest BCUT2D eigenvalue weighted by Crippen LogP contribution is -2.23. The first-order valence-corrected chi connectivity index (χ1v) is 6.05. The smallest absolute Gasteiger partial charge is 0.308 e. The van der Waals surface area contributed by atoms with Crippen molar-refractivity contribution in [3.8, 4) is 6.07 Å². The fraction of sp³-hybridized carbons (Fsp3) is 0.429. The predicted molar refractivity (Wildman–Crippen MR) is 66.7 cm³/mol. The Hall–Kier alpha value is -1.86. The van der Waals surface area contributed by atoms with E-state index >= 15 is 0 Å². The molecule has 4 heteroatoms. The summed E-state index contributed by atoms with van der Waals surface area (Å²) in [7, 11) is 0. The van der Waals surface area contributed by atoms with Crippen molar-refractivity contribution in [3.63, 3.8) is 0 Å². The SMILES string of the molecule is C[C@@H]1CN(Cc2ccccc2C#N)C[C@H]1C(=O)O. The van der Waals surface area contributed by atoms with E-state index in [4.69, 9.17) is 10.4 Å². The summed E-state index contributed by atoms with van der Waals surface area (Å²) in [6.07, 6.45) is 0. The molecular formula is C14H16N2O2. The molecule has 1 heterocycles. The Balaban J connectivity index is 2.08. The predicted octanol–water partition coefficient (Wildman–Crippen LogP) is 1.71. The molecule has 94 valence electrons. The average molecular weight is 244 g/mol. The number of benzene rings is 1. The van der Waals surface area contributed by atoms with Crippen molar-refractivity contribution in [1.29, 1.82) is 5.26 Å². The lowest BCUT2D eigenvalue weighted by Gasteiger charge is -2.15. The molecular weight excluding hydrogens is 228 g/mol. The van der Waals surface area contributed by atoms with Crippen LogP contribution in [0, 0.1) is 23.2 Å². The summed E-state index contributed by atoms with van der Waals surface area (Å²) in [5.41, 5.74) is 1.64. The molecule has 1 N–H and O–H groups in total. The number of rotatable bonds is 3. The van der Waals surface area contributed by atoms with Crippen molar-refractivity contribution >= 4 is 5.97 Å². The number of hydrogen-bond donors (Lipinski definition) is 1. The topological polar surface area (TPSA) is 64.3 Å². The van der Waals surface area contributed by atoms with Crippen LogP contribution in [0.2, 0.25) is 0 Å². The van der Waals surface area contributed by atoms with E-state index in [0.29, 0.717) is 18.7 Å². The highest BCUT2D eigenvalue weighted by molar-refractivity contribution is 5.71. The Morgan fingerprint density at radius 2 is 2.22 bits per heavy atom. The fourth-order valence-electron chi connectivity index (χ4n) is 2.53. The number of aliphatic carboxylic acids is 1. The normalized spacial score (nSPS) is 23.8. The highest BCUT2D eigenvalue weighted by atomic mass is 16.4. The van der Waals surface area contributed by atoms with E-state index in [1.807, 2.05) is 25.1 Å². The number of carboxylic acids is 1. The molecule has 1 aromatic rings. The van der Waals surface area contributed by atoms with Gasteiger partial charge in [0.15, 0.2) is 0 Å². The Morgan fingerprint density at radius 3 is 2.83 bits per heavy atom. The van der Waals surface area contributed by atoms with Crippen LogP contribution in [-0.2, 0) is 11.3 Å². The van der Waals surface area contributed by atoms with Gasteiger partial charge in [0.1, 0.15) is 0 Å². The van der Waals surface area contributed by atoms with Gasteiger partial charge in [0.05, 0.1) is 17.6 Å². The van der Waals surface area contributed by atoms with Gasteiger partial charge in [-0.1, -0.05) is 25.1 Å². The number of carbonyl (C=O) groups is 1. The number of hydrogen-bond acceptors (Lipinski definition) is 3. The summed E-state index contributed by atoms with van der Waals surface area (Å²) in [6.45, 7) is 3.96. The molecule has 0 aromatic heterocycles. The fourth-order valence-corrected chi connectivity index (χ4v) is 2.53. The van der Waals surface area contributed by atoms with Gasteiger partial charge in [0.2, 0.25) is 0 Å². The maximum absolute atomic E-state index is 11.1. The molecule has 1 aromatic carbocycles. The largest absolute Gasteiger partial charge is 0.481 e. The van der Waals surface area contributed by atoms with Crippen LogP contribution in [0.3, 0.4) is 0 Å². The minimum atomic E-state index is -0.724. The second-order valence-corrected chi connectivity index (χ2v) is 4.89. The Kier molecular flexibility index (Phi) is 3.63. The molecule has 1 aliphatic rings. The van der Waals surface area contributed by atoms with Crippen molar-refractivity contribution < 1.29 is 9.90 Å². The van der Waals surface area contributed by atoms with Gasteiger partial charge in [0.25, 0.3) is 0 Å². The molecule has 4 nitrogen and oxygen atoms in total. The quantitative estimate of drug-likeness (QED) is 0.879. The average Bonchev–Trinajstić information content (AvgIpc) is 2.71. The third-order valence-electron chi connectivity index (χ3n) is 3.54.